The number of carboxylic acids is 1. The molecule has 1 unspecified atom stereocenters. The van der Waals surface area contributed by atoms with Crippen molar-refractivity contribution in [1.29, 1.82) is 0 Å². The quantitative estimate of drug-likeness (QED) is 0.896. The van der Waals surface area contributed by atoms with E-state index >= 15 is 0 Å². The molecule has 1 amide bonds. The van der Waals surface area contributed by atoms with Crippen molar-refractivity contribution in [3.63, 3.8) is 0 Å². The second-order valence-corrected chi connectivity index (χ2v) is 6.01. The Morgan fingerprint density at radius 1 is 1.36 bits per heavy atom. The van der Waals surface area contributed by atoms with Gasteiger partial charge in [0.1, 0.15) is 17.1 Å². The maximum atomic E-state index is 13.4. The number of fused-ring (bicyclic) bond motifs is 1. The van der Waals surface area contributed by atoms with Gasteiger partial charge in [-0.1, -0.05) is 0 Å². The van der Waals surface area contributed by atoms with Crippen molar-refractivity contribution in [2.24, 2.45) is 0 Å². The number of carbonyl (C=O) groups is 2. The fourth-order valence-electron chi connectivity index (χ4n) is 3.15. The number of hydrogen-bond acceptors (Lipinski definition) is 2. The molecule has 0 bridgehead atoms. The van der Waals surface area contributed by atoms with E-state index in [0.717, 1.165) is 10.9 Å². The van der Waals surface area contributed by atoms with Crippen LogP contribution in [-0.2, 0) is 4.79 Å². The number of hydrogen-bond donors (Lipinski definition) is 2. The van der Waals surface area contributed by atoms with Crippen LogP contribution < -0.4 is 0 Å². The number of carbonyl (C=O) groups excluding carboxylic acids is 1. The molecule has 1 atom stereocenters. The molecule has 22 heavy (non-hydrogen) atoms. The van der Waals surface area contributed by atoms with Crippen LogP contribution in [0.1, 0.15) is 35.8 Å². The molecule has 0 saturated carbocycles. The molecule has 5 nitrogen and oxygen atoms in total. The van der Waals surface area contributed by atoms with Crippen molar-refractivity contribution in [2.75, 3.05) is 6.54 Å². The molecule has 0 radical (unpaired) electrons. The van der Waals surface area contributed by atoms with Crippen LogP contribution in [0.15, 0.2) is 18.2 Å². The summed E-state index contributed by atoms with van der Waals surface area (Å²) in [6, 6.07) is 4.40. The van der Waals surface area contributed by atoms with Crippen molar-refractivity contribution < 1.29 is 19.1 Å². The summed E-state index contributed by atoms with van der Waals surface area (Å²) < 4.78 is 13.4. The Hall–Kier alpha value is -2.37. The Balaban J connectivity index is 2.02. The van der Waals surface area contributed by atoms with Gasteiger partial charge in [0.05, 0.1) is 0 Å². The Morgan fingerprint density at radius 3 is 2.77 bits per heavy atom. The topological polar surface area (TPSA) is 73.4 Å². The highest BCUT2D eigenvalue weighted by Crippen LogP contribution is 2.31. The maximum Gasteiger partial charge on any atom is 0.329 e. The van der Waals surface area contributed by atoms with Crippen molar-refractivity contribution in [3.8, 4) is 0 Å². The minimum absolute atomic E-state index is 0.290. The smallest absolute Gasteiger partial charge is 0.329 e. The molecule has 1 aliphatic rings. The average Bonchev–Trinajstić information content (AvgIpc) is 3.02. The van der Waals surface area contributed by atoms with E-state index in [2.05, 4.69) is 4.98 Å². The predicted octanol–water partition coefficient (Wildman–Crippen LogP) is 2.69. The fraction of sp³-hybridized carbons (Fsp3) is 0.375. The lowest BCUT2D eigenvalue weighted by Crippen LogP contribution is -2.50. The van der Waals surface area contributed by atoms with E-state index in [1.807, 2.05) is 0 Å². The number of carboxylic acid groups (broad SMARTS) is 1. The summed E-state index contributed by atoms with van der Waals surface area (Å²) in [6.07, 6.45) is 1.09. The van der Waals surface area contributed by atoms with Gasteiger partial charge in [-0.3, -0.25) is 4.79 Å². The zero-order valence-electron chi connectivity index (χ0n) is 12.4. The van der Waals surface area contributed by atoms with Gasteiger partial charge >= 0.3 is 5.97 Å². The number of aromatic nitrogens is 1. The van der Waals surface area contributed by atoms with Crippen LogP contribution in [0.5, 0.6) is 0 Å². The standard InChI is InChI=1S/C16H17FN2O3/c1-9-6-10(17)7-12-11(9)8-13(18-12)14(20)19-5-3-4-16(19,2)15(21)22/h6-8,18H,3-5H2,1-2H3,(H,21,22). The normalized spacial score (nSPS) is 21.5. The number of halogens is 1. The minimum atomic E-state index is -1.19. The summed E-state index contributed by atoms with van der Waals surface area (Å²) in [7, 11) is 0. The lowest BCUT2D eigenvalue weighted by molar-refractivity contribution is -0.147. The molecule has 0 aliphatic carbocycles. The number of nitrogens with one attached hydrogen (secondary N) is 1. The van der Waals surface area contributed by atoms with Gasteiger partial charge in [0, 0.05) is 17.4 Å². The first-order chi connectivity index (χ1) is 10.3. The van der Waals surface area contributed by atoms with Gasteiger partial charge in [0.15, 0.2) is 0 Å². The molecule has 116 valence electrons. The molecular weight excluding hydrogens is 287 g/mol. The summed E-state index contributed by atoms with van der Waals surface area (Å²) in [5.74, 6) is -1.74. The first kappa shape index (κ1) is 14.6. The lowest BCUT2D eigenvalue weighted by Gasteiger charge is -2.30. The monoisotopic (exact) mass is 304 g/mol. The number of aliphatic carboxylic acids is 1. The molecule has 1 saturated heterocycles. The van der Waals surface area contributed by atoms with E-state index in [-0.39, 0.29) is 17.4 Å². The fourth-order valence-corrected chi connectivity index (χ4v) is 3.15. The number of H-pyrrole nitrogens is 1. The highest BCUT2D eigenvalue weighted by molar-refractivity contribution is 6.01. The van der Waals surface area contributed by atoms with Gasteiger partial charge in [-0.15, -0.1) is 0 Å². The van der Waals surface area contributed by atoms with Crippen LogP contribution in [0, 0.1) is 12.7 Å². The Bertz CT molecular complexity index is 783. The van der Waals surface area contributed by atoms with E-state index < -0.39 is 11.5 Å². The minimum Gasteiger partial charge on any atom is -0.480 e. The third-order valence-electron chi connectivity index (χ3n) is 4.49. The first-order valence-corrected chi connectivity index (χ1v) is 7.17. The van der Waals surface area contributed by atoms with Crippen LogP contribution in [0.25, 0.3) is 10.9 Å². The number of aryl methyl sites for hydroxylation is 1. The Kier molecular flexibility index (Phi) is 3.20. The molecule has 0 spiro atoms. The van der Waals surface area contributed by atoms with Crippen molar-refractivity contribution in [1.82, 2.24) is 9.88 Å². The molecule has 2 N–H and O–H groups in total. The summed E-state index contributed by atoms with van der Waals surface area (Å²) in [5.41, 5.74) is 0.372. The van der Waals surface area contributed by atoms with E-state index in [4.69, 9.17) is 0 Å². The highest BCUT2D eigenvalue weighted by atomic mass is 19.1. The molecular formula is C16H17FN2O3. The summed E-state index contributed by atoms with van der Waals surface area (Å²) >= 11 is 0. The van der Waals surface area contributed by atoms with Gasteiger partial charge in [0.25, 0.3) is 5.91 Å². The largest absolute Gasteiger partial charge is 0.480 e. The van der Waals surface area contributed by atoms with Crippen LogP contribution in [0.3, 0.4) is 0 Å². The highest BCUT2D eigenvalue weighted by Gasteiger charge is 2.46. The second kappa shape index (κ2) is 4.83. The van der Waals surface area contributed by atoms with E-state index in [1.54, 1.807) is 19.9 Å². The van der Waals surface area contributed by atoms with E-state index in [0.29, 0.717) is 24.9 Å². The van der Waals surface area contributed by atoms with Gasteiger partial charge in [-0.05, 0) is 50.5 Å². The van der Waals surface area contributed by atoms with Crippen molar-refractivity contribution >= 4 is 22.8 Å². The molecule has 1 fully saturated rings. The van der Waals surface area contributed by atoms with Gasteiger partial charge < -0.3 is 15.0 Å². The number of benzene rings is 1. The molecule has 1 aromatic heterocycles. The number of amides is 1. The van der Waals surface area contributed by atoms with Gasteiger partial charge in [-0.2, -0.15) is 0 Å². The van der Waals surface area contributed by atoms with Crippen molar-refractivity contribution in [2.45, 2.75) is 32.2 Å². The summed E-state index contributed by atoms with van der Waals surface area (Å²) in [4.78, 5) is 28.4. The number of likely N-dealkylation sites (tertiary alicyclic amines) is 1. The third-order valence-corrected chi connectivity index (χ3v) is 4.49. The second-order valence-electron chi connectivity index (χ2n) is 6.01. The molecule has 1 aromatic carbocycles. The van der Waals surface area contributed by atoms with Gasteiger partial charge in [0.2, 0.25) is 0 Å². The Morgan fingerprint density at radius 2 is 2.09 bits per heavy atom. The molecule has 6 heteroatoms. The average molecular weight is 304 g/mol. The molecule has 1 aliphatic heterocycles. The zero-order valence-corrected chi connectivity index (χ0v) is 12.4. The zero-order chi connectivity index (χ0) is 16.1. The van der Waals surface area contributed by atoms with Gasteiger partial charge in [-0.25, -0.2) is 9.18 Å². The molecule has 2 heterocycles. The number of nitrogens with zero attached hydrogens (tertiary/aromatic N) is 1. The number of rotatable bonds is 2. The van der Waals surface area contributed by atoms with E-state index in [1.165, 1.54) is 17.0 Å². The van der Waals surface area contributed by atoms with Crippen molar-refractivity contribution in [3.05, 3.63) is 35.3 Å². The third kappa shape index (κ3) is 2.06. The SMILES string of the molecule is Cc1cc(F)cc2[nH]c(C(=O)N3CCCC3(C)C(=O)O)cc12. The molecule has 2 aromatic rings. The number of aromatic amines is 1. The first-order valence-electron chi connectivity index (χ1n) is 7.17. The maximum absolute atomic E-state index is 13.4. The van der Waals surface area contributed by atoms with Crippen LogP contribution in [0.2, 0.25) is 0 Å². The summed E-state index contributed by atoms with van der Waals surface area (Å²) in [5, 5.41) is 10.2. The van der Waals surface area contributed by atoms with Crippen LogP contribution >= 0.6 is 0 Å². The van der Waals surface area contributed by atoms with Crippen LogP contribution in [-0.4, -0.2) is 39.0 Å². The van der Waals surface area contributed by atoms with E-state index in [9.17, 15) is 19.1 Å². The predicted molar refractivity (Wildman–Crippen MR) is 79.3 cm³/mol. The lowest BCUT2D eigenvalue weighted by atomic mass is 9.99. The van der Waals surface area contributed by atoms with Crippen LogP contribution in [0.4, 0.5) is 4.39 Å². The molecule has 3 rings (SSSR count). The summed E-state index contributed by atoms with van der Waals surface area (Å²) in [6.45, 7) is 3.74. The Labute approximate surface area is 126 Å².